The maximum Gasteiger partial charge on any atom is 0.254 e. The molecule has 0 radical (unpaired) electrons. The number of amides is 1. The maximum absolute atomic E-state index is 11.4. The topological polar surface area (TPSA) is 51.2 Å². The molecule has 1 fully saturated rings. The molecule has 2 rings (SSSR count). The van der Waals surface area contributed by atoms with Crippen molar-refractivity contribution in [1.82, 2.24) is 10.3 Å². The van der Waals surface area contributed by atoms with E-state index in [2.05, 4.69) is 10.3 Å². The molecule has 0 spiro atoms. The standard InChI is InChI=1S/C10H11ClN2O2/c1-12-10(14)7-4-13-5-8(9(7)11)15-6-2-3-6/h4-6H,2-3H2,1H3,(H,12,14). The zero-order chi connectivity index (χ0) is 10.8. The van der Waals surface area contributed by atoms with Gasteiger partial charge in [0.1, 0.15) is 0 Å². The van der Waals surface area contributed by atoms with Gasteiger partial charge in [0.2, 0.25) is 0 Å². The van der Waals surface area contributed by atoms with Crippen LogP contribution in [-0.4, -0.2) is 24.0 Å². The highest BCUT2D eigenvalue weighted by atomic mass is 35.5. The summed E-state index contributed by atoms with van der Waals surface area (Å²) in [6.07, 6.45) is 5.29. The number of pyridine rings is 1. The number of aromatic nitrogens is 1. The molecule has 5 heteroatoms. The molecule has 1 aromatic heterocycles. The van der Waals surface area contributed by atoms with Gasteiger partial charge in [0, 0.05) is 13.2 Å². The van der Waals surface area contributed by atoms with E-state index in [0.717, 1.165) is 12.8 Å². The number of nitrogens with zero attached hydrogens (tertiary/aromatic N) is 1. The molecule has 1 aliphatic carbocycles. The van der Waals surface area contributed by atoms with Crippen molar-refractivity contribution in [3.05, 3.63) is 23.0 Å². The second-order valence-corrected chi connectivity index (χ2v) is 3.77. The molecular formula is C10H11ClN2O2. The number of ether oxygens (including phenoxy) is 1. The summed E-state index contributed by atoms with van der Waals surface area (Å²) >= 11 is 6.03. The Labute approximate surface area is 92.6 Å². The minimum absolute atomic E-state index is 0.240. The maximum atomic E-state index is 11.4. The Hall–Kier alpha value is -1.29. The third-order valence-corrected chi connectivity index (χ3v) is 2.53. The highest BCUT2D eigenvalue weighted by Gasteiger charge is 2.25. The van der Waals surface area contributed by atoms with Crippen LogP contribution in [0.2, 0.25) is 5.02 Å². The van der Waals surface area contributed by atoms with Crippen molar-refractivity contribution in [1.29, 1.82) is 0 Å². The molecule has 0 aromatic carbocycles. The highest BCUT2D eigenvalue weighted by Crippen LogP contribution is 2.32. The van der Waals surface area contributed by atoms with Crippen LogP contribution in [0.15, 0.2) is 12.4 Å². The van der Waals surface area contributed by atoms with Gasteiger partial charge in [0.05, 0.1) is 22.9 Å². The predicted octanol–water partition coefficient (Wildman–Crippen LogP) is 1.64. The van der Waals surface area contributed by atoms with E-state index in [9.17, 15) is 4.79 Å². The molecule has 0 aliphatic heterocycles. The van der Waals surface area contributed by atoms with E-state index < -0.39 is 0 Å². The number of hydrogen-bond donors (Lipinski definition) is 1. The van der Waals surface area contributed by atoms with Crippen LogP contribution in [0.1, 0.15) is 23.2 Å². The molecule has 1 heterocycles. The number of rotatable bonds is 3. The quantitative estimate of drug-likeness (QED) is 0.853. The van der Waals surface area contributed by atoms with E-state index in [-0.39, 0.29) is 12.0 Å². The van der Waals surface area contributed by atoms with Crippen molar-refractivity contribution in [2.45, 2.75) is 18.9 Å². The molecule has 0 bridgehead atoms. The molecule has 1 aliphatic rings. The van der Waals surface area contributed by atoms with Crippen LogP contribution in [0.4, 0.5) is 0 Å². The normalized spacial score (nSPS) is 14.8. The second kappa shape index (κ2) is 4.06. The highest BCUT2D eigenvalue weighted by molar-refractivity contribution is 6.35. The smallest absolute Gasteiger partial charge is 0.254 e. The van der Waals surface area contributed by atoms with Crippen molar-refractivity contribution in [3.8, 4) is 5.75 Å². The Morgan fingerprint density at radius 2 is 2.33 bits per heavy atom. The molecule has 1 amide bonds. The van der Waals surface area contributed by atoms with E-state index in [0.29, 0.717) is 16.3 Å². The zero-order valence-electron chi connectivity index (χ0n) is 8.29. The molecule has 0 unspecified atom stereocenters. The van der Waals surface area contributed by atoms with Crippen molar-refractivity contribution in [2.24, 2.45) is 0 Å². The van der Waals surface area contributed by atoms with Crippen LogP contribution in [0.25, 0.3) is 0 Å². The molecule has 0 saturated heterocycles. The number of carbonyl (C=O) groups is 1. The Morgan fingerprint density at radius 3 is 2.93 bits per heavy atom. The van der Waals surface area contributed by atoms with Crippen molar-refractivity contribution < 1.29 is 9.53 Å². The van der Waals surface area contributed by atoms with Crippen LogP contribution >= 0.6 is 11.6 Å². The van der Waals surface area contributed by atoms with Gasteiger partial charge in [-0.3, -0.25) is 9.78 Å². The molecule has 1 saturated carbocycles. The van der Waals surface area contributed by atoms with Gasteiger partial charge >= 0.3 is 0 Å². The summed E-state index contributed by atoms with van der Waals surface area (Å²) in [5.41, 5.74) is 0.345. The average molecular weight is 227 g/mol. The largest absolute Gasteiger partial charge is 0.487 e. The Balaban J connectivity index is 2.27. The van der Waals surface area contributed by atoms with Crippen LogP contribution < -0.4 is 10.1 Å². The first-order chi connectivity index (χ1) is 7.22. The molecule has 0 atom stereocenters. The predicted molar refractivity (Wildman–Crippen MR) is 56.3 cm³/mol. The Bertz CT molecular complexity index is 391. The van der Waals surface area contributed by atoms with E-state index in [1.165, 1.54) is 12.4 Å². The fraction of sp³-hybridized carbons (Fsp3) is 0.400. The third kappa shape index (κ3) is 2.21. The van der Waals surface area contributed by atoms with Crippen LogP contribution in [-0.2, 0) is 0 Å². The van der Waals surface area contributed by atoms with Crippen LogP contribution in [0.3, 0.4) is 0 Å². The summed E-state index contributed by atoms with van der Waals surface area (Å²) in [6.45, 7) is 0. The molecular weight excluding hydrogens is 216 g/mol. The van der Waals surface area contributed by atoms with Crippen molar-refractivity contribution in [3.63, 3.8) is 0 Å². The monoisotopic (exact) mass is 226 g/mol. The number of carbonyl (C=O) groups excluding carboxylic acids is 1. The minimum atomic E-state index is -0.256. The minimum Gasteiger partial charge on any atom is -0.487 e. The number of halogens is 1. The molecule has 1 aromatic rings. The van der Waals surface area contributed by atoms with E-state index in [4.69, 9.17) is 16.3 Å². The lowest BCUT2D eigenvalue weighted by Gasteiger charge is -2.08. The van der Waals surface area contributed by atoms with Gasteiger partial charge in [-0.1, -0.05) is 11.6 Å². The van der Waals surface area contributed by atoms with Gasteiger partial charge in [-0.15, -0.1) is 0 Å². The number of nitrogens with one attached hydrogen (secondary N) is 1. The van der Waals surface area contributed by atoms with Gasteiger partial charge < -0.3 is 10.1 Å². The lowest BCUT2D eigenvalue weighted by molar-refractivity contribution is 0.0962. The summed E-state index contributed by atoms with van der Waals surface area (Å²) < 4.78 is 5.52. The first-order valence-electron chi connectivity index (χ1n) is 4.74. The summed E-state index contributed by atoms with van der Waals surface area (Å²) in [5, 5.41) is 2.83. The fourth-order valence-corrected chi connectivity index (χ4v) is 1.39. The second-order valence-electron chi connectivity index (χ2n) is 3.40. The van der Waals surface area contributed by atoms with Crippen LogP contribution in [0.5, 0.6) is 5.75 Å². The third-order valence-electron chi connectivity index (χ3n) is 2.14. The first-order valence-corrected chi connectivity index (χ1v) is 5.12. The van der Waals surface area contributed by atoms with Crippen LogP contribution in [0, 0.1) is 0 Å². The average Bonchev–Trinajstić information content (AvgIpc) is 3.04. The Morgan fingerprint density at radius 1 is 1.60 bits per heavy atom. The lowest BCUT2D eigenvalue weighted by atomic mass is 10.2. The lowest BCUT2D eigenvalue weighted by Crippen LogP contribution is -2.18. The zero-order valence-corrected chi connectivity index (χ0v) is 9.04. The van der Waals surface area contributed by atoms with Gasteiger partial charge in [-0.05, 0) is 12.8 Å². The molecule has 15 heavy (non-hydrogen) atoms. The SMILES string of the molecule is CNC(=O)c1cncc(OC2CC2)c1Cl. The molecule has 4 nitrogen and oxygen atoms in total. The summed E-state index contributed by atoms with van der Waals surface area (Å²) in [4.78, 5) is 15.3. The van der Waals surface area contributed by atoms with Crippen molar-refractivity contribution in [2.75, 3.05) is 7.05 Å². The van der Waals surface area contributed by atoms with Gasteiger partial charge in [0.15, 0.2) is 5.75 Å². The van der Waals surface area contributed by atoms with Gasteiger partial charge in [-0.2, -0.15) is 0 Å². The molecule has 80 valence electrons. The fourth-order valence-electron chi connectivity index (χ4n) is 1.17. The van der Waals surface area contributed by atoms with Crippen molar-refractivity contribution >= 4 is 17.5 Å². The van der Waals surface area contributed by atoms with Gasteiger partial charge in [-0.25, -0.2) is 0 Å². The summed E-state index contributed by atoms with van der Waals surface area (Å²) in [5.74, 6) is 0.231. The number of hydrogen-bond acceptors (Lipinski definition) is 3. The van der Waals surface area contributed by atoms with E-state index in [1.54, 1.807) is 7.05 Å². The summed E-state index contributed by atoms with van der Waals surface area (Å²) in [6, 6.07) is 0. The first kappa shape index (κ1) is 10.2. The van der Waals surface area contributed by atoms with E-state index in [1.807, 2.05) is 0 Å². The summed E-state index contributed by atoms with van der Waals surface area (Å²) in [7, 11) is 1.55. The van der Waals surface area contributed by atoms with Gasteiger partial charge in [0.25, 0.3) is 5.91 Å². The molecule has 1 N–H and O–H groups in total. The van der Waals surface area contributed by atoms with E-state index >= 15 is 0 Å². The Kier molecular flexibility index (Phi) is 2.77.